The predicted molar refractivity (Wildman–Crippen MR) is 78.1 cm³/mol. The highest BCUT2D eigenvalue weighted by molar-refractivity contribution is 8.15. The Bertz CT molecular complexity index is 499. The smallest absolute Gasteiger partial charge is 0.309 e. The number of hydrazone groups is 1. The highest BCUT2D eigenvalue weighted by Crippen LogP contribution is 2.34. The summed E-state index contributed by atoms with van der Waals surface area (Å²) in [5.41, 5.74) is 5.32. The van der Waals surface area contributed by atoms with Gasteiger partial charge in [0.2, 0.25) is 0 Å². The van der Waals surface area contributed by atoms with Gasteiger partial charge in [0, 0.05) is 5.56 Å². The number of nitrogens with zero attached hydrogens (tertiary/aromatic N) is 1. The molecule has 0 aliphatic carbocycles. The molecular weight excluding hydrogens is 260 g/mol. The van der Waals surface area contributed by atoms with E-state index in [1.54, 1.807) is 11.8 Å². The average Bonchev–Trinajstić information content (AvgIpc) is 2.72. The SMILES string of the molecule is CCOC(=O)C[C@@]1(C)NN=C(c2ccc(C)cc2)S1. The average molecular weight is 278 g/mol. The van der Waals surface area contributed by atoms with Crippen LogP contribution in [0.2, 0.25) is 0 Å². The first-order valence-corrected chi connectivity index (χ1v) is 7.10. The molecular formula is C14H18N2O2S. The van der Waals surface area contributed by atoms with Gasteiger partial charge in [-0.25, -0.2) is 0 Å². The molecule has 1 atom stereocenters. The van der Waals surface area contributed by atoms with E-state index in [0.717, 1.165) is 10.6 Å². The second kappa shape index (κ2) is 5.65. The quantitative estimate of drug-likeness (QED) is 0.860. The summed E-state index contributed by atoms with van der Waals surface area (Å²) in [5, 5.41) is 5.23. The Labute approximate surface area is 117 Å². The molecule has 1 aromatic rings. The number of esters is 1. The van der Waals surface area contributed by atoms with Crippen molar-refractivity contribution >= 4 is 22.8 Å². The van der Waals surface area contributed by atoms with Gasteiger partial charge in [-0.1, -0.05) is 41.6 Å². The van der Waals surface area contributed by atoms with Crippen molar-refractivity contribution in [3.63, 3.8) is 0 Å². The fourth-order valence-corrected chi connectivity index (χ4v) is 2.86. The number of aryl methyl sites for hydroxylation is 1. The van der Waals surface area contributed by atoms with Crippen molar-refractivity contribution in [2.24, 2.45) is 5.10 Å². The molecule has 1 aromatic carbocycles. The number of rotatable bonds is 4. The van der Waals surface area contributed by atoms with Gasteiger partial charge in [-0.2, -0.15) is 5.10 Å². The molecule has 1 aliphatic rings. The largest absolute Gasteiger partial charge is 0.466 e. The van der Waals surface area contributed by atoms with Gasteiger partial charge in [0.1, 0.15) is 9.91 Å². The summed E-state index contributed by atoms with van der Waals surface area (Å²) >= 11 is 1.56. The molecule has 0 unspecified atom stereocenters. The summed E-state index contributed by atoms with van der Waals surface area (Å²) in [5.74, 6) is -0.203. The third kappa shape index (κ3) is 3.50. The van der Waals surface area contributed by atoms with E-state index >= 15 is 0 Å². The Balaban J connectivity index is 2.01. The van der Waals surface area contributed by atoms with Crippen LogP contribution < -0.4 is 5.43 Å². The van der Waals surface area contributed by atoms with Crippen LogP contribution in [0.4, 0.5) is 0 Å². The monoisotopic (exact) mass is 278 g/mol. The maximum absolute atomic E-state index is 11.6. The van der Waals surface area contributed by atoms with Crippen LogP contribution in [-0.4, -0.2) is 22.5 Å². The van der Waals surface area contributed by atoms with Crippen LogP contribution in [0, 0.1) is 6.92 Å². The Morgan fingerprint density at radius 3 is 2.74 bits per heavy atom. The second-order valence-corrected chi connectivity index (χ2v) is 6.20. The minimum atomic E-state index is -0.424. The van der Waals surface area contributed by atoms with Crippen molar-refractivity contribution in [2.45, 2.75) is 32.1 Å². The topological polar surface area (TPSA) is 50.7 Å². The normalized spacial score (nSPS) is 21.7. The van der Waals surface area contributed by atoms with Gasteiger partial charge in [-0.15, -0.1) is 0 Å². The van der Waals surface area contributed by atoms with Crippen LogP contribution in [0.5, 0.6) is 0 Å². The molecule has 0 saturated carbocycles. The third-order valence-corrected chi connectivity index (χ3v) is 4.01. The Morgan fingerprint density at radius 2 is 2.11 bits per heavy atom. The number of benzene rings is 1. The summed E-state index contributed by atoms with van der Waals surface area (Å²) in [6.45, 7) is 6.23. The maximum atomic E-state index is 11.6. The van der Waals surface area contributed by atoms with E-state index in [4.69, 9.17) is 4.74 Å². The molecule has 1 aliphatic heterocycles. The Hall–Kier alpha value is -1.49. The van der Waals surface area contributed by atoms with Crippen molar-refractivity contribution < 1.29 is 9.53 Å². The Morgan fingerprint density at radius 1 is 1.42 bits per heavy atom. The van der Waals surface area contributed by atoms with E-state index in [1.807, 2.05) is 26.0 Å². The molecule has 0 aromatic heterocycles. The van der Waals surface area contributed by atoms with Gasteiger partial charge >= 0.3 is 5.97 Å². The van der Waals surface area contributed by atoms with E-state index in [2.05, 4.69) is 29.6 Å². The van der Waals surface area contributed by atoms with Gasteiger partial charge in [0.15, 0.2) is 0 Å². The highest BCUT2D eigenvalue weighted by Gasteiger charge is 2.35. The molecule has 0 amide bonds. The summed E-state index contributed by atoms with van der Waals surface area (Å²) in [4.78, 5) is 11.1. The van der Waals surface area contributed by atoms with Crippen molar-refractivity contribution in [1.82, 2.24) is 5.43 Å². The molecule has 1 N–H and O–H groups in total. The zero-order valence-electron chi connectivity index (χ0n) is 11.4. The lowest BCUT2D eigenvalue weighted by Crippen LogP contribution is -2.35. The number of carbonyl (C=O) groups is 1. The first-order valence-electron chi connectivity index (χ1n) is 6.29. The molecule has 0 saturated heterocycles. The minimum Gasteiger partial charge on any atom is -0.466 e. The number of nitrogens with one attached hydrogen (secondary N) is 1. The lowest BCUT2D eigenvalue weighted by molar-refractivity contribution is -0.143. The lowest BCUT2D eigenvalue weighted by Gasteiger charge is -2.21. The summed E-state index contributed by atoms with van der Waals surface area (Å²) in [6, 6.07) is 8.19. The summed E-state index contributed by atoms with van der Waals surface area (Å²) < 4.78 is 4.98. The number of carbonyl (C=O) groups excluding carboxylic acids is 1. The highest BCUT2D eigenvalue weighted by atomic mass is 32.2. The van der Waals surface area contributed by atoms with Gasteiger partial charge in [0.25, 0.3) is 0 Å². The number of hydrogen-bond donors (Lipinski definition) is 1. The van der Waals surface area contributed by atoms with Crippen molar-refractivity contribution in [3.8, 4) is 0 Å². The van der Waals surface area contributed by atoms with E-state index in [9.17, 15) is 4.79 Å². The zero-order chi connectivity index (χ0) is 13.9. The molecule has 4 nitrogen and oxygen atoms in total. The Kier molecular flexibility index (Phi) is 4.14. The zero-order valence-corrected chi connectivity index (χ0v) is 12.2. The fraction of sp³-hybridized carbons (Fsp3) is 0.429. The fourth-order valence-electron chi connectivity index (χ4n) is 1.81. The van der Waals surface area contributed by atoms with Crippen LogP contribution in [0.25, 0.3) is 0 Å². The number of thioether (sulfide) groups is 1. The summed E-state index contributed by atoms with van der Waals surface area (Å²) in [7, 11) is 0. The number of hydrogen-bond acceptors (Lipinski definition) is 5. The molecule has 0 spiro atoms. The van der Waals surface area contributed by atoms with E-state index < -0.39 is 4.87 Å². The minimum absolute atomic E-state index is 0.203. The van der Waals surface area contributed by atoms with Crippen molar-refractivity contribution in [3.05, 3.63) is 35.4 Å². The van der Waals surface area contributed by atoms with Crippen molar-refractivity contribution in [2.75, 3.05) is 6.61 Å². The van der Waals surface area contributed by atoms with Gasteiger partial charge in [0.05, 0.1) is 13.0 Å². The third-order valence-electron chi connectivity index (χ3n) is 2.80. The number of ether oxygens (including phenoxy) is 1. The lowest BCUT2D eigenvalue weighted by atomic mass is 10.2. The van der Waals surface area contributed by atoms with Gasteiger partial charge in [-0.05, 0) is 20.8 Å². The molecule has 102 valence electrons. The molecule has 0 fully saturated rings. The van der Waals surface area contributed by atoms with E-state index in [-0.39, 0.29) is 5.97 Å². The van der Waals surface area contributed by atoms with E-state index in [1.165, 1.54) is 5.56 Å². The van der Waals surface area contributed by atoms with Crippen LogP contribution >= 0.6 is 11.8 Å². The van der Waals surface area contributed by atoms with Gasteiger partial charge in [-0.3, -0.25) is 10.2 Å². The van der Waals surface area contributed by atoms with Crippen LogP contribution in [0.15, 0.2) is 29.4 Å². The first kappa shape index (κ1) is 13.9. The van der Waals surface area contributed by atoms with Crippen LogP contribution in [-0.2, 0) is 9.53 Å². The predicted octanol–water partition coefficient (Wildman–Crippen LogP) is 2.66. The molecule has 1 heterocycles. The molecule has 5 heteroatoms. The molecule has 19 heavy (non-hydrogen) atoms. The molecule has 0 radical (unpaired) electrons. The molecule has 0 bridgehead atoms. The maximum Gasteiger partial charge on any atom is 0.309 e. The van der Waals surface area contributed by atoms with E-state index in [0.29, 0.717) is 13.0 Å². The molecule has 2 rings (SSSR count). The first-order chi connectivity index (χ1) is 9.02. The summed E-state index contributed by atoms with van der Waals surface area (Å²) in [6.07, 6.45) is 0.296. The standard InChI is InChI=1S/C14H18N2O2S/c1-4-18-12(17)9-14(3)16-15-13(19-14)11-7-5-10(2)6-8-11/h5-8,16H,4,9H2,1-3H3/t14-/m0/s1. The van der Waals surface area contributed by atoms with Crippen LogP contribution in [0.1, 0.15) is 31.4 Å². The second-order valence-electron chi connectivity index (χ2n) is 4.71. The van der Waals surface area contributed by atoms with Crippen LogP contribution in [0.3, 0.4) is 0 Å². The van der Waals surface area contributed by atoms with Gasteiger partial charge < -0.3 is 4.74 Å². The van der Waals surface area contributed by atoms with Crippen molar-refractivity contribution in [1.29, 1.82) is 0 Å².